The Hall–Kier alpha value is -1.99. The van der Waals surface area contributed by atoms with Gasteiger partial charge in [0.05, 0.1) is 18.4 Å². The van der Waals surface area contributed by atoms with E-state index in [1.807, 2.05) is 0 Å². The minimum Gasteiger partial charge on any atom is -0.492 e. The van der Waals surface area contributed by atoms with Crippen molar-refractivity contribution in [3.63, 3.8) is 0 Å². The van der Waals surface area contributed by atoms with Crippen molar-refractivity contribution in [2.75, 3.05) is 34.1 Å². The van der Waals surface area contributed by atoms with Crippen molar-refractivity contribution in [2.24, 2.45) is 11.1 Å². The van der Waals surface area contributed by atoms with Crippen LogP contribution in [0.25, 0.3) is 0 Å². The van der Waals surface area contributed by atoms with Gasteiger partial charge in [-0.3, -0.25) is 4.90 Å². The van der Waals surface area contributed by atoms with E-state index < -0.39 is 0 Å². The lowest BCUT2D eigenvalue weighted by atomic mass is 9.80. The first-order valence-corrected chi connectivity index (χ1v) is 9.98. The number of oxime groups is 1. The number of methoxy groups -OCH3 is 1. The number of benzene rings is 1. The highest BCUT2D eigenvalue weighted by molar-refractivity contribution is 5.87. The minimum absolute atomic E-state index is 0.0602. The van der Waals surface area contributed by atoms with E-state index >= 15 is 0 Å². The number of hydrogen-bond donors (Lipinski definition) is 1. The zero-order valence-electron chi connectivity index (χ0n) is 17.2. The predicted molar refractivity (Wildman–Crippen MR) is 105 cm³/mol. The van der Waals surface area contributed by atoms with Crippen LogP contribution in [0, 0.1) is 5.92 Å². The summed E-state index contributed by atoms with van der Waals surface area (Å²) >= 11 is 0. The van der Waals surface area contributed by atoms with E-state index in [-0.39, 0.29) is 24.4 Å². The third-order valence-electron chi connectivity index (χ3n) is 6.25. The molecule has 0 bridgehead atoms. The van der Waals surface area contributed by atoms with Gasteiger partial charge in [0.25, 0.3) is 0 Å². The number of hydrogen-bond acceptors (Lipinski definition) is 7. The Labute approximate surface area is 166 Å². The van der Waals surface area contributed by atoms with E-state index in [1.54, 1.807) is 7.11 Å². The van der Waals surface area contributed by atoms with Crippen molar-refractivity contribution in [1.29, 1.82) is 0 Å². The van der Waals surface area contributed by atoms with Crippen LogP contribution < -0.4 is 14.2 Å². The summed E-state index contributed by atoms with van der Waals surface area (Å²) in [6.45, 7) is 6.03. The molecule has 3 aliphatic heterocycles. The number of fused-ring (bicyclic) bond motifs is 2. The van der Waals surface area contributed by atoms with Gasteiger partial charge in [-0.15, -0.1) is 0 Å². The summed E-state index contributed by atoms with van der Waals surface area (Å²) in [4.78, 5) is 2.31. The van der Waals surface area contributed by atoms with Gasteiger partial charge >= 0.3 is 0 Å². The summed E-state index contributed by atoms with van der Waals surface area (Å²) in [5.41, 5.74) is 2.97. The molecule has 0 aliphatic carbocycles. The van der Waals surface area contributed by atoms with Gasteiger partial charge in [0.15, 0.2) is 11.5 Å². The molecule has 0 aromatic heterocycles. The second-order valence-corrected chi connectivity index (χ2v) is 8.56. The smallest absolute Gasteiger partial charge is 0.231 e. The molecule has 0 radical (unpaired) electrons. The first kappa shape index (κ1) is 19.3. The zero-order chi connectivity index (χ0) is 19.9. The Kier molecular flexibility index (Phi) is 5.14. The normalized spacial score (nSPS) is 26.8. The Morgan fingerprint density at radius 3 is 2.93 bits per heavy atom. The summed E-state index contributed by atoms with van der Waals surface area (Å²) in [6, 6.07) is 2.14. The van der Waals surface area contributed by atoms with Gasteiger partial charge < -0.3 is 24.2 Å². The Morgan fingerprint density at radius 1 is 1.39 bits per heavy atom. The first-order chi connectivity index (χ1) is 13.4. The SMILES string of the molecule is COc1c2c(cc3c1[C@H](C/C(=N\O)[C@@H]1CCOC(C)(C)C1)N(C)CC3)OCO2. The predicted octanol–water partition coefficient (Wildman–Crippen LogP) is 3.38. The van der Waals surface area contributed by atoms with Crippen LogP contribution >= 0.6 is 0 Å². The third kappa shape index (κ3) is 3.42. The van der Waals surface area contributed by atoms with Crippen molar-refractivity contribution in [3.05, 3.63) is 17.2 Å². The molecule has 1 saturated heterocycles. The average molecular weight is 390 g/mol. The fraction of sp³-hybridized carbons (Fsp3) is 0.667. The summed E-state index contributed by atoms with van der Waals surface area (Å²) in [6.07, 6.45) is 3.31. The molecule has 28 heavy (non-hydrogen) atoms. The lowest BCUT2D eigenvalue weighted by Crippen LogP contribution is -2.39. The molecule has 1 N–H and O–H groups in total. The minimum atomic E-state index is -0.196. The van der Waals surface area contributed by atoms with Crippen molar-refractivity contribution >= 4 is 5.71 Å². The summed E-state index contributed by atoms with van der Waals surface area (Å²) in [7, 11) is 3.78. The van der Waals surface area contributed by atoms with Crippen LogP contribution in [-0.2, 0) is 11.2 Å². The Morgan fingerprint density at radius 2 is 2.21 bits per heavy atom. The number of likely N-dealkylation sites (N-methyl/N-ethyl adjacent to an activating group) is 1. The van der Waals surface area contributed by atoms with Crippen LogP contribution in [0.2, 0.25) is 0 Å². The average Bonchev–Trinajstić information content (AvgIpc) is 3.13. The van der Waals surface area contributed by atoms with Gasteiger partial charge in [-0.1, -0.05) is 5.16 Å². The standard InChI is InChI=1S/C21H30N2O5/c1-21(2)11-14(6-8-28-21)15(22-24)10-16-18-13(5-7-23(16)3)9-17-19(20(18)25-4)27-12-26-17/h9,14,16,24H,5-8,10-12H2,1-4H3/b22-15+/t14-,16+/m1/s1. The van der Waals surface area contributed by atoms with E-state index in [4.69, 9.17) is 18.9 Å². The largest absolute Gasteiger partial charge is 0.492 e. The van der Waals surface area contributed by atoms with Crippen LogP contribution in [0.15, 0.2) is 11.2 Å². The van der Waals surface area contributed by atoms with Crippen LogP contribution in [-0.4, -0.2) is 55.5 Å². The van der Waals surface area contributed by atoms with E-state index in [9.17, 15) is 5.21 Å². The lowest BCUT2D eigenvalue weighted by molar-refractivity contribution is -0.0622. The molecule has 0 spiro atoms. The molecule has 154 valence electrons. The van der Waals surface area contributed by atoms with Gasteiger partial charge in [0, 0.05) is 37.1 Å². The van der Waals surface area contributed by atoms with Crippen molar-refractivity contribution in [2.45, 2.75) is 51.2 Å². The molecule has 1 aromatic rings. The van der Waals surface area contributed by atoms with Gasteiger partial charge in [0.1, 0.15) is 0 Å². The monoisotopic (exact) mass is 390 g/mol. The molecule has 2 atom stereocenters. The molecule has 3 heterocycles. The molecule has 0 unspecified atom stereocenters. The molecule has 0 saturated carbocycles. The van der Waals surface area contributed by atoms with Crippen LogP contribution in [0.5, 0.6) is 17.2 Å². The van der Waals surface area contributed by atoms with Crippen LogP contribution in [0.3, 0.4) is 0 Å². The second-order valence-electron chi connectivity index (χ2n) is 8.56. The molecule has 7 nitrogen and oxygen atoms in total. The third-order valence-corrected chi connectivity index (χ3v) is 6.25. The molecule has 7 heteroatoms. The Balaban J connectivity index is 1.67. The van der Waals surface area contributed by atoms with Gasteiger partial charge in [-0.25, -0.2) is 0 Å². The fourth-order valence-corrected chi connectivity index (χ4v) is 4.79. The van der Waals surface area contributed by atoms with Gasteiger partial charge in [-0.2, -0.15) is 0 Å². The molecule has 4 rings (SSSR count). The van der Waals surface area contributed by atoms with Gasteiger partial charge in [-0.05, 0) is 51.8 Å². The Bertz CT molecular complexity index is 777. The van der Waals surface area contributed by atoms with E-state index in [0.717, 1.165) is 48.6 Å². The van der Waals surface area contributed by atoms with Crippen LogP contribution in [0.1, 0.15) is 50.3 Å². The fourth-order valence-electron chi connectivity index (χ4n) is 4.79. The van der Waals surface area contributed by atoms with Crippen LogP contribution in [0.4, 0.5) is 0 Å². The van der Waals surface area contributed by atoms with Crippen molar-refractivity contribution < 1.29 is 24.2 Å². The summed E-state index contributed by atoms with van der Waals surface area (Å²) < 4.78 is 22.9. The summed E-state index contributed by atoms with van der Waals surface area (Å²) in [5, 5.41) is 13.6. The molecular weight excluding hydrogens is 360 g/mol. The molecule has 3 aliphatic rings. The molecule has 0 amide bonds. The maximum absolute atomic E-state index is 9.85. The molecule has 1 fully saturated rings. The zero-order valence-corrected chi connectivity index (χ0v) is 17.2. The first-order valence-electron chi connectivity index (χ1n) is 9.98. The highest BCUT2D eigenvalue weighted by Crippen LogP contribution is 2.50. The topological polar surface area (TPSA) is 72.8 Å². The molecular formula is C21H30N2O5. The molecule has 1 aromatic carbocycles. The maximum Gasteiger partial charge on any atom is 0.231 e. The second kappa shape index (κ2) is 7.44. The number of nitrogens with zero attached hydrogens (tertiary/aromatic N) is 2. The summed E-state index contributed by atoms with van der Waals surface area (Å²) in [5.74, 6) is 2.39. The highest BCUT2D eigenvalue weighted by atomic mass is 16.7. The van der Waals surface area contributed by atoms with E-state index in [0.29, 0.717) is 18.8 Å². The highest BCUT2D eigenvalue weighted by Gasteiger charge is 2.37. The van der Waals surface area contributed by atoms with E-state index in [1.165, 1.54) is 5.56 Å². The number of ether oxygens (including phenoxy) is 4. The van der Waals surface area contributed by atoms with E-state index in [2.05, 4.69) is 37.0 Å². The maximum atomic E-state index is 9.85. The number of rotatable bonds is 4. The lowest BCUT2D eigenvalue weighted by Gasteiger charge is -2.39. The van der Waals surface area contributed by atoms with Crippen molar-refractivity contribution in [1.82, 2.24) is 4.90 Å². The quantitative estimate of drug-likeness (QED) is 0.483. The van der Waals surface area contributed by atoms with Crippen molar-refractivity contribution in [3.8, 4) is 17.2 Å². The van der Waals surface area contributed by atoms with Gasteiger partial charge in [0.2, 0.25) is 12.5 Å².